The van der Waals surface area contributed by atoms with Crippen molar-refractivity contribution in [3.8, 4) is 0 Å². The van der Waals surface area contributed by atoms with Crippen molar-refractivity contribution in [1.82, 2.24) is 0 Å². The van der Waals surface area contributed by atoms with Gasteiger partial charge in [0.2, 0.25) is 0 Å². The van der Waals surface area contributed by atoms with Crippen LogP contribution < -0.4 is 0 Å². The topological polar surface area (TPSA) is 99.5 Å². The molecule has 0 unspecified atom stereocenters. The van der Waals surface area contributed by atoms with E-state index in [1.807, 2.05) is 0 Å². The van der Waals surface area contributed by atoms with Crippen LogP contribution in [0, 0.1) is 33.3 Å². The fraction of sp³-hybridized carbons (Fsp3) is 0.250. The van der Waals surface area contributed by atoms with Gasteiger partial charge in [-0.15, -0.1) is 0 Å². The molecule has 0 saturated carbocycles. The molecular weight excluding hydrogens is 351 g/mol. The van der Waals surface area contributed by atoms with Crippen molar-refractivity contribution in [1.29, 1.82) is 0 Å². The van der Waals surface area contributed by atoms with Gasteiger partial charge < -0.3 is 0 Å². The van der Waals surface area contributed by atoms with Crippen LogP contribution in [0.4, 0.5) is 0 Å². The minimum Gasteiger partial charge on any atom is 0 e. The molecule has 2 heterocycles. The summed E-state index contributed by atoms with van der Waals surface area (Å²) in [7, 11) is 0.301. The molecule has 0 aliphatic carbocycles. The van der Waals surface area contributed by atoms with E-state index in [1.54, 1.807) is 0 Å². The van der Waals surface area contributed by atoms with Gasteiger partial charge in [-0.3, -0.25) is 0 Å². The van der Waals surface area contributed by atoms with Crippen LogP contribution in [-0.2, 0) is 44.3 Å². The van der Waals surface area contributed by atoms with Crippen LogP contribution in [0.1, 0.15) is 0 Å². The predicted molar refractivity (Wildman–Crippen MR) is 58.3 cm³/mol. The van der Waals surface area contributed by atoms with Crippen LogP contribution in [0.5, 0.6) is 0 Å². The van der Waals surface area contributed by atoms with E-state index in [-0.39, 0.29) is 21.1 Å². The van der Waals surface area contributed by atoms with E-state index in [2.05, 4.69) is 64.2 Å². The molecule has 2 aliphatic rings. The van der Waals surface area contributed by atoms with Crippen molar-refractivity contribution in [2.24, 2.45) is 0 Å². The third kappa shape index (κ3) is 13.5. The molecule has 0 N–H and O–H groups in total. The summed E-state index contributed by atoms with van der Waals surface area (Å²) >= 11 is 0. The average Bonchev–Trinajstić information content (AvgIpc) is 3.07. The molecule has 2 rings (SSSR count). The molecule has 0 saturated heterocycles. The monoisotopic (exact) mass is 362 g/mol. The Kier molecular flexibility index (Phi) is 49.5. The Labute approximate surface area is 128 Å². The third-order valence-electron chi connectivity index (χ3n) is 1.95. The molecule has 19 heavy (non-hydrogen) atoms. The Hall–Kier alpha value is -0.702. The smallest absolute Gasteiger partial charge is 0 e. The van der Waals surface area contributed by atoms with Crippen molar-refractivity contribution in [3.05, 3.63) is 57.6 Å². The molecule has 0 radical (unpaired) electrons. The zero-order chi connectivity index (χ0) is 15.6. The Morgan fingerprint density at radius 2 is 0.789 bits per heavy atom. The molecular formula is C12H9MoO5P. The molecule has 0 aromatic rings. The summed E-state index contributed by atoms with van der Waals surface area (Å²) in [5.41, 5.74) is 1.69. The molecule has 0 fully saturated rings. The first-order chi connectivity index (χ1) is 8.88. The largest absolute Gasteiger partial charge is 0 e. The average molecular weight is 360 g/mol. The maximum atomic E-state index is 7.50. The standard InChI is InChI=1S/C7H9P.5CO.Mo/c1-8-6-2-3-7(8)5-4-6;5*1-2;/h2-7H,1H3;;;;;;. The van der Waals surface area contributed by atoms with Gasteiger partial charge in [-0.25, -0.2) is 0 Å². The van der Waals surface area contributed by atoms with E-state index >= 15 is 0 Å². The summed E-state index contributed by atoms with van der Waals surface area (Å²) in [6, 6.07) is 0. The summed E-state index contributed by atoms with van der Waals surface area (Å²) in [5, 5.41) is 0. The van der Waals surface area contributed by atoms with Gasteiger partial charge in [0.05, 0.1) is 0 Å². The summed E-state index contributed by atoms with van der Waals surface area (Å²) in [6.45, 7) is 24.9. The fourth-order valence-corrected chi connectivity index (χ4v) is 3.21. The van der Waals surface area contributed by atoms with E-state index in [0.717, 1.165) is 11.3 Å². The van der Waals surface area contributed by atoms with Crippen LogP contribution in [-0.4, -0.2) is 18.0 Å². The van der Waals surface area contributed by atoms with Gasteiger partial charge >= 0.3 is 56.5 Å². The van der Waals surface area contributed by atoms with Crippen molar-refractivity contribution < 1.29 is 44.3 Å². The first-order valence-electron chi connectivity index (χ1n) is 3.98. The molecule has 2 aliphatic heterocycles. The van der Waals surface area contributed by atoms with Gasteiger partial charge in [0.1, 0.15) is 0 Å². The molecule has 7 heteroatoms. The summed E-state index contributed by atoms with van der Waals surface area (Å²) in [5.74, 6) is 0. The fourth-order valence-electron chi connectivity index (χ4n) is 1.33. The molecule has 0 aromatic heterocycles. The predicted octanol–water partition coefficient (Wildman–Crippen LogP) is 1.78. The number of rotatable bonds is 0. The van der Waals surface area contributed by atoms with Crippen LogP contribution in [0.3, 0.4) is 0 Å². The quantitative estimate of drug-likeness (QED) is 0.207. The number of hydrogen-bond donors (Lipinski definition) is 0. The summed E-state index contributed by atoms with van der Waals surface area (Å²) < 4.78 is 37.5. The zero-order valence-electron chi connectivity index (χ0n) is 9.86. The van der Waals surface area contributed by atoms with Gasteiger partial charge in [-0.05, 0) is 6.66 Å². The second kappa shape index (κ2) is 30.4. The molecule has 0 amide bonds. The van der Waals surface area contributed by atoms with Crippen LogP contribution in [0.25, 0.3) is 0 Å². The van der Waals surface area contributed by atoms with E-state index in [4.69, 9.17) is 23.3 Å². The normalized spacial score (nSPS) is 21.1. The molecule has 0 atom stereocenters. The number of fused-ring (bicyclic) bond motifs is 2. The maximum Gasteiger partial charge on any atom is 0 e. The Morgan fingerprint density at radius 3 is 0.842 bits per heavy atom. The Bertz CT molecular complexity index is 275. The third-order valence-corrected chi connectivity index (χ3v) is 4.52. The van der Waals surface area contributed by atoms with Crippen molar-refractivity contribution in [2.45, 2.75) is 11.3 Å². The SMILES string of the molecule is CP1C2C=CC1C=C2.[C-]#[O+].[C-]#[O+].[C-]#[O+].[C-]#[O+].[C-]#[O+].[Mo]. The van der Waals surface area contributed by atoms with Gasteiger partial charge in [-0.2, -0.15) is 0 Å². The second-order valence-electron chi connectivity index (χ2n) is 2.42. The van der Waals surface area contributed by atoms with Crippen LogP contribution in [0.2, 0.25) is 0 Å². The van der Waals surface area contributed by atoms with Crippen molar-refractivity contribution >= 4 is 7.92 Å². The van der Waals surface area contributed by atoms with E-state index in [1.165, 1.54) is 0 Å². The van der Waals surface area contributed by atoms with Gasteiger partial charge in [0.15, 0.2) is 0 Å². The molecule has 0 spiro atoms. The zero-order valence-corrected chi connectivity index (χ0v) is 12.8. The first kappa shape index (κ1) is 31.0. The van der Waals surface area contributed by atoms with Crippen molar-refractivity contribution in [3.63, 3.8) is 0 Å². The second-order valence-corrected chi connectivity index (χ2v) is 4.94. The van der Waals surface area contributed by atoms with E-state index < -0.39 is 0 Å². The maximum absolute atomic E-state index is 7.50. The van der Waals surface area contributed by atoms with Crippen molar-refractivity contribution in [2.75, 3.05) is 6.66 Å². The van der Waals surface area contributed by atoms with Crippen LogP contribution in [0.15, 0.2) is 24.3 Å². The molecule has 5 nitrogen and oxygen atoms in total. The number of allylic oxidation sites excluding steroid dienone is 4. The van der Waals surface area contributed by atoms with Gasteiger partial charge in [0, 0.05) is 32.4 Å². The Balaban J connectivity index is -0.0000000519. The minimum atomic E-state index is 0. The number of hydrogen-bond acceptors (Lipinski definition) is 0. The van der Waals surface area contributed by atoms with E-state index in [9.17, 15) is 0 Å². The molecule has 0 aromatic carbocycles. The van der Waals surface area contributed by atoms with Gasteiger partial charge in [0.25, 0.3) is 0 Å². The first-order valence-corrected chi connectivity index (χ1v) is 5.91. The van der Waals surface area contributed by atoms with Gasteiger partial charge in [-0.1, -0.05) is 32.2 Å². The summed E-state index contributed by atoms with van der Waals surface area (Å²) in [6.07, 6.45) is 9.37. The minimum absolute atomic E-state index is 0. The van der Waals surface area contributed by atoms with E-state index in [0.29, 0.717) is 7.92 Å². The molecule has 98 valence electrons. The molecule has 2 bridgehead atoms. The van der Waals surface area contributed by atoms with Crippen LogP contribution >= 0.6 is 7.92 Å². The Morgan fingerprint density at radius 1 is 0.632 bits per heavy atom. The summed E-state index contributed by atoms with van der Waals surface area (Å²) in [4.78, 5) is 0.